The minimum Gasteiger partial charge on any atom is -0.480 e. The number of ether oxygens (including phenoxy) is 1. The second-order valence-electron chi connectivity index (χ2n) is 3.47. The average molecular weight is 237 g/mol. The maximum absolute atomic E-state index is 11.6. The molecule has 1 unspecified atom stereocenters. The number of hydrogen-bond acceptors (Lipinski definition) is 4. The van der Waals surface area contributed by atoms with Gasteiger partial charge in [-0.1, -0.05) is 12.1 Å². The van der Waals surface area contributed by atoms with E-state index in [1.165, 1.54) is 6.92 Å². The van der Waals surface area contributed by atoms with Crippen LogP contribution in [-0.4, -0.2) is 29.7 Å². The van der Waals surface area contributed by atoms with E-state index in [-0.39, 0.29) is 6.61 Å². The van der Waals surface area contributed by atoms with Gasteiger partial charge in [-0.05, 0) is 26.0 Å². The van der Waals surface area contributed by atoms with Crippen molar-refractivity contribution in [1.29, 1.82) is 0 Å². The van der Waals surface area contributed by atoms with Gasteiger partial charge in [0, 0.05) is 5.69 Å². The van der Waals surface area contributed by atoms with Crippen molar-refractivity contribution in [2.45, 2.75) is 19.9 Å². The second kappa shape index (κ2) is 5.89. The van der Waals surface area contributed by atoms with E-state index >= 15 is 0 Å². The fourth-order valence-electron chi connectivity index (χ4n) is 1.29. The molecule has 0 saturated carbocycles. The molecule has 0 heterocycles. The van der Waals surface area contributed by atoms with Gasteiger partial charge in [0.2, 0.25) is 0 Å². The molecule has 0 spiro atoms. The number of carboxylic acids is 1. The van der Waals surface area contributed by atoms with E-state index in [1.54, 1.807) is 31.2 Å². The molecule has 92 valence electrons. The number of hydrogen-bond donors (Lipinski definition) is 2. The molecule has 2 N–H and O–H groups in total. The molecule has 0 aliphatic carbocycles. The summed E-state index contributed by atoms with van der Waals surface area (Å²) in [5.41, 5.74) is 0.795. The number of rotatable bonds is 5. The highest BCUT2D eigenvalue weighted by Crippen LogP contribution is 2.17. The Hall–Kier alpha value is -2.04. The first-order valence-electron chi connectivity index (χ1n) is 5.31. The summed E-state index contributed by atoms with van der Waals surface area (Å²) >= 11 is 0. The van der Waals surface area contributed by atoms with Crippen molar-refractivity contribution in [2.75, 3.05) is 11.9 Å². The summed E-state index contributed by atoms with van der Waals surface area (Å²) < 4.78 is 4.88. The minimum atomic E-state index is -0.983. The number of carbonyl (C=O) groups is 2. The van der Waals surface area contributed by atoms with E-state index in [4.69, 9.17) is 9.84 Å². The summed E-state index contributed by atoms with van der Waals surface area (Å²) in [5, 5.41) is 11.5. The second-order valence-corrected chi connectivity index (χ2v) is 3.47. The predicted octanol–water partition coefficient (Wildman–Crippen LogP) is 1.75. The summed E-state index contributed by atoms with van der Waals surface area (Å²) in [5.74, 6) is -1.45. The number of carbonyl (C=O) groups excluding carboxylic acids is 1. The molecular formula is C12H15NO4. The number of anilines is 1. The van der Waals surface area contributed by atoms with E-state index in [2.05, 4.69) is 5.32 Å². The zero-order valence-corrected chi connectivity index (χ0v) is 9.77. The highest BCUT2D eigenvalue weighted by Gasteiger charge is 2.16. The highest BCUT2D eigenvalue weighted by atomic mass is 16.5. The zero-order chi connectivity index (χ0) is 12.8. The zero-order valence-electron chi connectivity index (χ0n) is 9.77. The molecule has 17 heavy (non-hydrogen) atoms. The molecule has 0 fully saturated rings. The first-order chi connectivity index (χ1) is 8.06. The van der Waals surface area contributed by atoms with Crippen LogP contribution in [0.25, 0.3) is 0 Å². The fraction of sp³-hybridized carbons (Fsp3) is 0.333. The van der Waals surface area contributed by atoms with Crippen molar-refractivity contribution in [1.82, 2.24) is 0 Å². The van der Waals surface area contributed by atoms with Gasteiger partial charge in [-0.25, -0.2) is 4.79 Å². The molecule has 1 aromatic carbocycles. The first kappa shape index (κ1) is 13.0. The Labute approximate surface area is 99.4 Å². The lowest BCUT2D eigenvalue weighted by molar-refractivity contribution is -0.137. The lowest BCUT2D eigenvalue weighted by Gasteiger charge is -2.14. The van der Waals surface area contributed by atoms with Crippen molar-refractivity contribution in [3.63, 3.8) is 0 Å². The molecule has 0 aromatic heterocycles. The van der Waals surface area contributed by atoms with Crippen LogP contribution in [0.1, 0.15) is 24.2 Å². The van der Waals surface area contributed by atoms with E-state index in [1.807, 2.05) is 0 Å². The quantitative estimate of drug-likeness (QED) is 0.763. The molecule has 5 nitrogen and oxygen atoms in total. The maximum Gasteiger partial charge on any atom is 0.340 e. The fourth-order valence-corrected chi connectivity index (χ4v) is 1.29. The van der Waals surface area contributed by atoms with Crippen molar-refractivity contribution in [2.24, 2.45) is 0 Å². The third-order valence-electron chi connectivity index (χ3n) is 2.16. The van der Waals surface area contributed by atoms with Gasteiger partial charge < -0.3 is 15.2 Å². The molecule has 0 radical (unpaired) electrons. The van der Waals surface area contributed by atoms with Gasteiger partial charge in [-0.15, -0.1) is 0 Å². The number of esters is 1. The van der Waals surface area contributed by atoms with Crippen molar-refractivity contribution in [3.8, 4) is 0 Å². The van der Waals surface area contributed by atoms with Crippen LogP contribution in [-0.2, 0) is 9.53 Å². The van der Waals surface area contributed by atoms with Crippen LogP contribution in [0.15, 0.2) is 24.3 Å². The van der Waals surface area contributed by atoms with E-state index in [0.717, 1.165) is 0 Å². The smallest absolute Gasteiger partial charge is 0.340 e. The molecule has 0 amide bonds. The Morgan fingerprint density at radius 3 is 2.65 bits per heavy atom. The van der Waals surface area contributed by atoms with Gasteiger partial charge in [0.05, 0.1) is 12.2 Å². The first-order valence-corrected chi connectivity index (χ1v) is 5.31. The standard InChI is InChI=1S/C12H15NO4/c1-3-17-12(16)9-6-4-5-7-10(9)13-8(2)11(14)15/h4-8,13H,3H2,1-2H3,(H,14,15). The summed E-state index contributed by atoms with van der Waals surface area (Å²) in [6.07, 6.45) is 0. The monoisotopic (exact) mass is 237 g/mol. The van der Waals surface area contributed by atoms with Gasteiger partial charge in [0.15, 0.2) is 0 Å². The summed E-state index contributed by atoms with van der Waals surface area (Å²) in [6.45, 7) is 3.50. The Bertz CT molecular complexity index is 417. The number of aliphatic carboxylic acids is 1. The number of carboxylic acid groups (broad SMARTS) is 1. The lowest BCUT2D eigenvalue weighted by Crippen LogP contribution is -2.26. The number of benzene rings is 1. The minimum absolute atomic E-state index is 0.279. The molecule has 0 aliphatic rings. The predicted molar refractivity (Wildman–Crippen MR) is 63.1 cm³/mol. The Morgan fingerprint density at radius 2 is 2.06 bits per heavy atom. The van der Waals surface area contributed by atoms with Crippen molar-refractivity contribution < 1.29 is 19.4 Å². The Morgan fingerprint density at radius 1 is 1.41 bits per heavy atom. The lowest BCUT2D eigenvalue weighted by atomic mass is 10.1. The van der Waals surface area contributed by atoms with Crippen LogP contribution in [0.3, 0.4) is 0 Å². The summed E-state index contributed by atoms with van der Waals surface area (Å²) in [4.78, 5) is 22.3. The normalized spacial score (nSPS) is 11.6. The van der Waals surface area contributed by atoms with Gasteiger partial charge in [-0.2, -0.15) is 0 Å². The number of nitrogens with one attached hydrogen (secondary N) is 1. The molecule has 5 heteroatoms. The van der Waals surface area contributed by atoms with Crippen LogP contribution >= 0.6 is 0 Å². The average Bonchev–Trinajstić information content (AvgIpc) is 2.29. The number of para-hydroxylation sites is 1. The van der Waals surface area contributed by atoms with Crippen LogP contribution in [0.5, 0.6) is 0 Å². The van der Waals surface area contributed by atoms with Crippen molar-refractivity contribution in [3.05, 3.63) is 29.8 Å². The third-order valence-corrected chi connectivity index (χ3v) is 2.16. The largest absolute Gasteiger partial charge is 0.480 e. The van der Waals surface area contributed by atoms with Crippen LogP contribution in [0.4, 0.5) is 5.69 Å². The Kier molecular flexibility index (Phi) is 4.51. The summed E-state index contributed by atoms with van der Waals surface area (Å²) in [6, 6.07) is 5.88. The van der Waals surface area contributed by atoms with Crippen LogP contribution in [0.2, 0.25) is 0 Å². The van der Waals surface area contributed by atoms with E-state index in [0.29, 0.717) is 11.3 Å². The molecule has 1 aromatic rings. The van der Waals surface area contributed by atoms with E-state index in [9.17, 15) is 9.59 Å². The summed E-state index contributed by atoms with van der Waals surface area (Å²) in [7, 11) is 0. The van der Waals surface area contributed by atoms with Gasteiger partial charge in [-0.3, -0.25) is 4.79 Å². The topological polar surface area (TPSA) is 75.6 Å². The van der Waals surface area contributed by atoms with Gasteiger partial charge in [0.1, 0.15) is 6.04 Å². The molecular weight excluding hydrogens is 222 g/mol. The van der Waals surface area contributed by atoms with Gasteiger partial charge in [0.25, 0.3) is 0 Å². The molecule has 1 rings (SSSR count). The highest BCUT2D eigenvalue weighted by molar-refractivity contribution is 5.96. The van der Waals surface area contributed by atoms with E-state index < -0.39 is 18.0 Å². The maximum atomic E-state index is 11.6. The van der Waals surface area contributed by atoms with Gasteiger partial charge >= 0.3 is 11.9 Å². The molecule has 1 atom stereocenters. The molecule has 0 bridgehead atoms. The third kappa shape index (κ3) is 3.48. The SMILES string of the molecule is CCOC(=O)c1ccccc1NC(C)C(=O)O. The van der Waals surface area contributed by atoms with Crippen molar-refractivity contribution >= 4 is 17.6 Å². The molecule has 0 aliphatic heterocycles. The molecule has 0 saturated heterocycles. The Balaban J connectivity index is 2.91. The van der Waals surface area contributed by atoms with Crippen LogP contribution in [0, 0.1) is 0 Å². The van der Waals surface area contributed by atoms with Crippen LogP contribution < -0.4 is 5.32 Å².